The van der Waals surface area contributed by atoms with Crippen LogP contribution in [0, 0.1) is 0 Å². The highest BCUT2D eigenvalue weighted by Gasteiger charge is 2.51. The van der Waals surface area contributed by atoms with Gasteiger partial charge in [-0.05, 0) is 128 Å². The molecule has 0 atom stereocenters. The van der Waals surface area contributed by atoms with Crippen LogP contribution in [0.15, 0.2) is 138 Å². The molecule has 7 aromatic carbocycles. The van der Waals surface area contributed by atoms with Crippen LogP contribution in [0.4, 0.5) is 27.8 Å². The number of anilines is 5. The normalized spacial score (nSPS) is 16.5. The summed E-state index contributed by atoms with van der Waals surface area (Å²) in [4.78, 5) is 5.28. The minimum absolute atomic E-state index is 0.0401. The highest BCUT2D eigenvalue weighted by molar-refractivity contribution is 7.26. The van der Waals surface area contributed by atoms with Crippen molar-refractivity contribution in [1.29, 1.82) is 0 Å². The first kappa shape index (κ1) is 36.4. The van der Waals surface area contributed by atoms with Gasteiger partial charge in [0.15, 0.2) is 5.75 Å². The van der Waals surface area contributed by atoms with E-state index in [1.807, 2.05) is 11.3 Å². The number of benzene rings is 7. The number of ether oxygens (including phenoxy) is 1. The van der Waals surface area contributed by atoms with E-state index in [0.717, 1.165) is 56.8 Å². The van der Waals surface area contributed by atoms with E-state index in [1.54, 1.807) is 0 Å². The van der Waals surface area contributed by atoms with Crippen LogP contribution in [0.25, 0.3) is 54.3 Å². The third-order valence-electron chi connectivity index (χ3n) is 14.7. The van der Waals surface area contributed by atoms with Crippen LogP contribution < -0.4 is 25.4 Å². The third-order valence-corrected chi connectivity index (χ3v) is 15.8. The van der Waals surface area contributed by atoms with Crippen LogP contribution in [0.3, 0.4) is 0 Å². The highest BCUT2D eigenvalue weighted by Crippen LogP contribution is 2.59. The molecular formula is C56H47BN2O2S. The second-order valence-electron chi connectivity index (χ2n) is 20.3. The van der Waals surface area contributed by atoms with Gasteiger partial charge in [0.05, 0.1) is 33.1 Å². The molecule has 5 heterocycles. The second kappa shape index (κ2) is 12.2. The van der Waals surface area contributed by atoms with E-state index in [0.29, 0.717) is 0 Å². The van der Waals surface area contributed by atoms with E-state index < -0.39 is 0 Å². The highest BCUT2D eigenvalue weighted by atomic mass is 32.1. The van der Waals surface area contributed by atoms with E-state index in [1.165, 1.54) is 77.2 Å². The molecule has 2 aromatic heterocycles. The number of fused-ring (bicyclic) bond motifs is 13. The summed E-state index contributed by atoms with van der Waals surface area (Å²) < 4.78 is 15.1. The molecule has 6 heteroatoms. The van der Waals surface area contributed by atoms with Crippen LogP contribution in [0.5, 0.6) is 11.5 Å². The van der Waals surface area contributed by atoms with Crippen molar-refractivity contribution in [2.24, 2.45) is 0 Å². The molecule has 1 aliphatic carbocycles. The Hall–Kier alpha value is -6.24. The van der Waals surface area contributed by atoms with Gasteiger partial charge in [0.2, 0.25) is 0 Å². The maximum Gasteiger partial charge on any atom is 0.334 e. The van der Waals surface area contributed by atoms with Gasteiger partial charge in [-0.1, -0.05) is 127 Å². The van der Waals surface area contributed by atoms with Gasteiger partial charge in [0.1, 0.15) is 16.9 Å². The van der Waals surface area contributed by atoms with Gasteiger partial charge in [-0.25, -0.2) is 0 Å². The SMILES string of the molecule is CC(C)(C)c1ccc(N2c3sc4cc5c(cc4c3B3c4c(cc6oc7ccccc7c6c42)-c2cccc4c2N3c2ccccc2O4)C(C)(C)CCC5(C)C)c(-c2ccccc2)c1. The zero-order valence-electron chi connectivity index (χ0n) is 36.3. The molecule has 4 aliphatic rings. The number of rotatable bonds is 2. The molecule has 9 aromatic rings. The molecule has 0 amide bonds. The average molecular weight is 823 g/mol. The lowest BCUT2D eigenvalue weighted by Gasteiger charge is -2.47. The fraction of sp³-hybridized carbons (Fsp3) is 0.214. The summed E-state index contributed by atoms with van der Waals surface area (Å²) >= 11 is 1.95. The Morgan fingerprint density at radius 2 is 1.32 bits per heavy atom. The molecule has 4 nitrogen and oxygen atoms in total. The number of nitrogens with zero attached hydrogens (tertiary/aromatic N) is 2. The van der Waals surface area contributed by atoms with Crippen molar-refractivity contribution in [3.63, 3.8) is 0 Å². The van der Waals surface area contributed by atoms with Gasteiger partial charge in [-0.2, -0.15) is 0 Å². The Morgan fingerprint density at radius 3 is 2.13 bits per heavy atom. The average Bonchev–Trinajstić information content (AvgIpc) is 3.84. The van der Waals surface area contributed by atoms with Crippen molar-refractivity contribution < 1.29 is 9.15 Å². The van der Waals surface area contributed by atoms with Crippen molar-refractivity contribution in [2.45, 2.75) is 77.6 Å². The van der Waals surface area contributed by atoms with Crippen molar-refractivity contribution >= 4 is 88.9 Å². The lowest BCUT2D eigenvalue weighted by molar-refractivity contribution is 0.332. The van der Waals surface area contributed by atoms with Crippen molar-refractivity contribution in [3.8, 4) is 33.8 Å². The molecule has 0 spiro atoms. The van der Waals surface area contributed by atoms with Gasteiger partial charge < -0.3 is 18.9 Å². The molecule has 302 valence electrons. The van der Waals surface area contributed by atoms with Gasteiger partial charge in [0, 0.05) is 21.2 Å². The lowest BCUT2D eigenvalue weighted by atomic mass is 9.43. The van der Waals surface area contributed by atoms with Crippen molar-refractivity contribution in [2.75, 3.05) is 9.71 Å². The van der Waals surface area contributed by atoms with Crippen LogP contribution in [0.1, 0.15) is 78.0 Å². The fourth-order valence-corrected chi connectivity index (χ4v) is 12.6. The topological polar surface area (TPSA) is 28.9 Å². The van der Waals surface area contributed by atoms with Gasteiger partial charge in [0.25, 0.3) is 0 Å². The molecule has 0 unspecified atom stereocenters. The summed E-state index contributed by atoms with van der Waals surface area (Å²) in [5.74, 6) is 1.76. The van der Waals surface area contributed by atoms with E-state index >= 15 is 0 Å². The summed E-state index contributed by atoms with van der Waals surface area (Å²) in [5, 5.41) is 4.87. The monoisotopic (exact) mass is 822 g/mol. The molecule has 0 radical (unpaired) electrons. The van der Waals surface area contributed by atoms with Gasteiger partial charge >= 0.3 is 6.85 Å². The first-order valence-corrected chi connectivity index (χ1v) is 23.0. The van der Waals surface area contributed by atoms with Crippen LogP contribution in [-0.4, -0.2) is 6.85 Å². The molecule has 0 bridgehead atoms. The number of hydrogen-bond acceptors (Lipinski definition) is 5. The Morgan fingerprint density at radius 1 is 0.597 bits per heavy atom. The number of para-hydroxylation sites is 4. The lowest BCUT2D eigenvalue weighted by Crippen LogP contribution is -2.61. The molecule has 0 saturated carbocycles. The molecule has 0 N–H and O–H groups in total. The Kier molecular flexibility index (Phi) is 7.19. The van der Waals surface area contributed by atoms with Crippen LogP contribution in [0.2, 0.25) is 0 Å². The quantitative estimate of drug-likeness (QED) is 0.162. The van der Waals surface area contributed by atoms with Crippen molar-refractivity contribution in [1.82, 2.24) is 0 Å². The number of furan rings is 1. The molecule has 0 fully saturated rings. The molecule has 0 saturated heterocycles. The number of thiophene rings is 1. The minimum Gasteiger partial charge on any atom is -0.456 e. The molecule has 13 rings (SSSR count). The van der Waals surface area contributed by atoms with E-state index in [4.69, 9.17) is 9.15 Å². The number of hydrogen-bond donors (Lipinski definition) is 0. The summed E-state index contributed by atoms with van der Waals surface area (Å²) in [6, 6.07) is 49.6. The standard InChI is InChI=1S/C56H47BN2O2S/c1-54(2,3)33-24-25-41(36(28-33)32-16-9-8-10-17-32)58-52-48-35-18-11-13-21-43(35)60-46(48)30-37-34-19-15-23-45-51(34)59(42-20-12-14-22-44(42)61-45)57(49(37)52)50-38-29-39-40(31-47(38)62-53(50)58)56(6,7)27-26-55(39,4)5/h8-25,28-31H,26-27H2,1-7H3. The third kappa shape index (κ3) is 4.85. The smallest absolute Gasteiger partial charge is 0.334 e. The maximum absolute atomic E-state index is 6.94. The predicted molar refractivity (Wildman–Crippen MR) is 262 cm³/mol. The zero-order chi connectivity index (χ0) is 42.0. The first-order chi connectivity index (χ1) is 29.9. The van der Waals surface area contributed by atoms with Crippen molar-refractivity contribution in [3.05, 3.63) is 150 Å². The maximum atomic E-state index is 6.94. The molecule has 62 heavy (non-hydrogen) atoms. The summed E-state index contributed by atoms with van der Waals surface area (Å²) in [6.07, 6.45) is 2.33. The summed E-state index contributed by atoms with van der Waals surface area (Å²) in [5.41, 5.74) is 18.1. The Balaban J connectivity index is 1.25. The Bertz CT molecular complexity index is 3400. The molecular weight excluding hydrogens is 776 g/mol. The van der Waals surface area contributed by atoms with Crippen LogP contribution in [-0.2, 0) is 16.2 Å². The fourth-order valence-electron chi connectivity index (χ4n) is 11.3. The van der Waals surface area contributed by atoms with E-state index in [9.17, 15) is 0 Å². The summed E-state index contributed by atoms with van der Waals surface area (Å²) in [6.45, 7) is 16.6. The molecule has 3 aliphatic heterocycles. The summed E-state index contributed by atoms with van der Waals surface area (Å²) in [7, 11) is 0. The Labute approximate surface area is 367 Å². The van der Waals surface area contributed by atoms with E-state index in [-0.39, 0.29) is 23.1 Å². The predicted octanol–water partition coefficient (Wildman–Crippen LogP) is 14.9. The van der Waals surface area contributed by atoms with Gasteiger partial charge in [-0.15, -0.1) is 11.3 Å². The second-order valence-corrected chi connectivity index (χ2v) is 21.3. The zero-order valence-corrected chi connectivity index (χ0v) is 37.1. The van der Waals surface area contributed by atoms with E-state index in [2.05, 4.69) is 192 Å². The largest absolute Gasteiger partial charge is 0.456 e. The van der Waals surface area contributed by atoms with Gasteiger partial charge in [-0.3, -0.25) is 0 Å². The minimum atomic E-state index is -0.149. The first-order valence-electron chi connectivity index (χ1n) is 22.2. The van der Waals surface area contributed by atoms with Crippen LogP contribution >= 0.6 is 11.3 Å².